The van der Waals surface area contributed by atoms with Crippen LogP contribution < -0.4 is 10.5 Å². The number of nitrogens with two attached hydrogens (primary N) is 1. The molecule has 0 aliphatic heterocycles. The lowest BCUT2D eigenvalue weighted by atomic mass is 10.1. The summed E-state index contributed by atoms with van der Waals surface area (Å²) in [7, 11) is 1.65. The Balaban J connectivity index is 0.00000121. The molecule has 0 saturated heterocycles. The van der Waals surface area contributed by atoms with Crippen LogP contribution in [0.2, 0.25) is 0 Å². The van der Waals surface area contributed by atoms with Gasteiger partial charge in [0.05, 0.1) is 7.11 Å². The molecular formula is C9H14ClNO. The molecule has 0 atom stereocenters. The first-order valence-corrected chi connectivity index (χ1v) is 3.56. The highest BCUT2D eigenvalue weighted by Crippen LogP contribution is 2.25. The number of hydrogen-bond donors (Lipinski definition) is 1. The van der Waals surface area contributed by atoms with Gasteiger partial charge in [-0.2, -0.15) is 0 Å². The third kappa shape index (κ3) is 1.83. The number of methoxy groups -OCH3 is 1. The number of halogens is 1. The smallest absolute Gasteiger partial charge is 0.123 e. The highest BCUT2D eigenvalue weighted by Gasteiger charge is 2.02. The molecule has 0 aliphatic carbocycles. The van der Waals surface area contributed by atoms with Gasteiger partial charge in [-0.1, -0.05) is 6.07 Å². The summed E-state index contributed by atoms with van der Waals surface area (Å²) >= 11 is 0. The van der Waals surface area contributed by atoms with Crippen molar-refractivity contribution in [2.45, 2.75) is 13.8 Å². The van der Waals surface area contributed by atoms with Crippen LogP contribution >= 0.6 is 12.4 Å². The first-order chi connectivity index (χ1) is 5.16. The number of rotatable bonds is 1. The van der Waals surface area contributed by atoms with Crippen molar-refractivity contribution in [1.29, 1.82) is 0 Å². The van der Waals surface area contributed by atoms with Gasteiger partial charge in [-0.25, -0.2) is 0 Å². The van der Waals surface area contributed by atoms with Crippen LogP contribution in [0.5, 0.6) is 5.75 Å². The number of nitrogen functional groups attached to an aromatic ring is 1. The number of benzene rings is 1. The predicted octanol–water partition coefficient (Wildman–Crippen LogP) is 2.32. The second kappa shape index (κ2) is 4.21. The van der Waals surface area contributed by atoms with E-state index in [9.17, 15) is 0 Å². The number of anilines is 1. The van der Waals surface area contributed by atoms with E-state index in [4.69, 9.17) is 10.5 Å². The van der Waals surface area contributed by atoms with Crippen molar-refractivity contribution in [3.8, 4) is 5.75 Å². The van der Waals surface area contributed by atoms with E-state index in [1.165, 1.54) is 0 Å². The Morgan fingerprint density at radius 2 is 1.83 bits per heavy atom. The Kier molecular flexibility index (Phi) is 3.90. The van der Waals surface area contributed by atoms with E-state index >= 15 is 0 Å². The highest BCUT2D eigenvalue weighted by molar-refractivity contribution is 5.85. The topological polar surface area (TPSA) is 35.2 Å². The second-order valence-corrected chi connectivity index (χ2v) is 2.62. The van der Waals surface area contributed by atoms with Crippen LogP contribution in [-0.4, -0.2) is 7.11 Å². The van der Waals surface area contributed by atoms with Crippen LogP contribution in [0.25, 0.3) is 0 Å². The van der Waals surface area contributed by atoms with Crippen molar-refractivity contribution >= 4 is 18.1 Å². The van der Waals surface area contributed by atoms with Crippen LogP contribution in [-0.2, 0) is 0 Å². The van der Waals surface area contributed by atoms with Crippen LogP contribution in [0.15, 0.2) is 12.1 Å². The molecule has 0 aliphatic rings. The number of ether oxygens (including phenoxy) is 1. The maximum atomic E-state index is 5.78. The normalized spacial score (nSPS) is 8.92. The van der Waals surface area contributed by atoms with E-state index in [-0.39, 0.29) is 12.4 Å². The van der Waals surface area contributed by atoms with Gasteiger partial charge in [-0.15, -0.1) is 12.4 Å². The van der Waals surface area contributed by atoms with Crippen molar-refractivity contribution in [1.82, 2.24) is 0 Å². The van der Waals surface area contributed by atoms with Crippen molar-refractivity contribution in [3.05, 3.63) is 23.3 Å². The van der Waals surface area contributed by atoms with Gasteiger partial charge in [-0.05, 0) is 25.5 Å². The van der Waals surface area contributed by atoms with E-state index in [0.717, 1.165) is 22.6 Å². The summed E-state index contributed by atoms with van der Waals surface area (Å²) in [6.45, 7) is 3.95. The van der Waals surface area contributed by atoms with Gasteiger partial charge < -0.3 is 10.5 Å². The molecule has 1 aromatic carbocycles. The highest BCUT2D eigenvalue weighted by atomic mass is 35.5. The lowest BCUT2D eigenvalue weighted by Gasteiger charge is -2.08. The van der Waals surface area contributed by atoms with Gasteiger partial charge >= 0.3 is 0 Å². The molecular weight excluding hydrogens is 174 g/mol. The predicted molar refractivity (Wildman–Crippen MR) is 54.1 cm³/mol. The second-order valence-electron chi connectivity index (χ2n) is 2.62. The fraction of sp³-hybridized carbons (Fsp3) is 0.333. The first-order valence-electron chi connectivity index (χ1n) is 3.56. The van der Waals surface area contributed by atoms with Gasteiger partial charge in [0.15, 0.2) is 0 Å². The van der Waals surface area contributed by atoms with Crippen LogP contribution in [0.1, 0.15) is 11.1 Å². The van der Waals surface area contributed by atoms with Crippen molar-refractivity contribution in [2.75, 3.05) is 12.8 Å². The fourth-order valence-electron chi connectivity index (χ4n) is 1.07. The van der Waals surface area contributed by atoms with E-state index in [0.29, 0.717) is 0 Å². The molecule has 0 aromatic heterocycles. The van der Waals surface area contributed by atoms with Crippen molar-refractivity contribution in [3.63, 3.8) is 0 Å². The molecule has 0 radical (unpaired) electrons. The third-order valence-corrected chi connectivity index (χ3v) is 1.90. The molecule has 3 heteroatoms. The van der Waals surface area contributed by atoms with Gasteiger partial charge in [0, 0.05) is 11.3 Å². The summed E-state index contributed by atoms with van der Waals surface area (Å²) in [5.41, 5.74) is 8.72. The summed E-state index contributed by atoms with van der Waals surface area (Å²) in [6, 6.07) is 3.89. The molecule has 1 aromatic rings. The van der Waals surface area contributed by atoms with Gasteiger partial charge in [0.25, 0.3) is 0 Å². The zero-order valence-electron chi connectivity index (χ0n) is 7.55. The molecule has 0 amide bonds. The minimum Gasteiger partial charge on any atom is -0.496 e. The molecule has 0 saturated carbocycles. The summed E-state index contributed by atoms with van der Waals surface area (Å²) in [6.07, 6.45) is 0. The standard InChI is InChI=1S/C9H13NO.ClH/c1-6-4-5-8(11-3)7(2)9(6)10;/h4-5H,10H2,1-3H3;1H. The maximum Gasteiger partial charge on any atom is 0.123 e. The van der Waals surface area contributed by atoms with E-state index in [1.54, 1.807) is 7.11 Å². The average Bonchev–Trinajstić information content (AvgIpc) is 2.01. The SMILES string of the molecule is COc1ccc(C)c(N)c1C.Cl. The van der Waals surface area contributed by atoms with Crippen molar-refractivity contribution < 1.29 is 4.74 Å². The average molecular weight is 188 g/mol. The summed E-state index contributed by atoms with van der Waals surface area (Å²) < 4.78 is 5.10. The van der Waals surface area contributed by atoms with E-state index < -0.39 is 0 Å². The zero-order valence-corrected chi connectivity index (χ0v) is 8.37. The first kappa shape index (κ1) is 11.1. The Bertz CT molecular complexity index is 273. The van der Waals surface area contributed by atoms with Crippen LogP contribution in [0, 0.1) is 13.8 Å². The summed E-state index contributed by atoms with van der Waals surface area (Å²) in [5, 5.41) is 0. The monoisotopic (exact) mass is 187 g/mol. The lowest BCUT2D eigenvalue weighted by molar-refractivity contribution is 0.412. The molecule has 0 fully saturated rings. The lowest BCUT2D eigenvalue weighted by Crippen LogP contribution is -1.96. The number of hydrogen-bond acceptors (Lipinski definition) is 2. The summed E-state index contributed by atoms with van der Waals surface area (Å²) in [4.78, 5) is 0. The van der Waals surface area contributed by atoms with Gasteiger partial charge in [0.2, 0.25) is 0 Å². The molecule has 2 N–H and O–H groups in total. The Labute approximate surface area is 79.1 Å². The zero-order chi connectivity index (χ0) is 8.43. The van der Waals surface area contributed by atoms with Gasteiger partial charge in [0.1, 0.15) is 5.75 Å². The van der Waals surface area contributed by atoms with Crippen molar-refractivity contribution in [2.24, 2.45) is 0 Å². The number of aryl methyl sites for hydroxylation is 1. The van der Waals surface area contributed by atoms with Gasteiger partial charge in [-0.3, -0.25) is 0 Å². The quantitative estimate of drug-likeness (QED) is 0.685. The van der Waals surface area contributed by atoms with Crippen LogP contribution in [0.3, 0.4) is 0 Å². The molecule has 0 unspecified atom stereocenters. The molecule has 2 nitrogen and oxygen atoms in total. The van der Waals surface area contributed by atoms with Crippen LogP contribution in [0.4, 0.5) is 5.69 Å². The molecule has 0 heterocycles. The Hall–Kier alpha value is -0.890. The van der Waals surface area contributed by atoms with E-state index in [1.807, 2.05) is 26.0 Å². The molecule has 0 bridgehead atoms. The van der Waals surface area contributed by atoms with E-state index in [2.05, 4.69) is 0 Å². The molecule has 68 valence electrons. The minimum absolute atomic E-state index is 0. The molecule has 1 rings (SSSR count). The Morgan fingerprint density at radius 1 is 1.25 bits per heavy atom. The molecule has 0 spiro atoms. The molecule has 12 heavy (non-hydrogen) atoms. The third-order valence-electron chi connectivity index (χ3n) is 1.90. The minimum atomic E-state index is 0. The Morgan fingerprint density at radius 3 is 2.33 bits per heavy atom. The summed E-state index contributed by atoms with van der Waals surface area (Å²) in [5.74, 6) is 0.855. The maximum absolute atomic E-state index is 5.78. The largest absolute Gasteiger partial charge is 0.496 e. The fourth-order valence-corrected chi connectivity index (χ4v) is 1.07.